The molecule has 1 aromatic heterocycles. The van der Waals surface area contributed by atoms with Gasteiger partial charge >= 0.3 is 5.97 Å². The molecule has 1 N–H and O–H groups in total. The lowest BCUT2D eigenvalue weighted by atomic mass is 9.77. The molecule has 0 saturated carbocycles. The van der Waals surface area contributed by atoms with E-state index in [0.29, 0.717) is 18.0 Å². The van der Waals surface area contributed by atoms with Gasteiger partial charge in [-0.15, -0.1) is 0 Å². The fourth-order valence-electron chi connectivity index (χ4n) is 2.69. The first-order valence-corrected chi connectivity index (χ1v) is 7.09. The molecule has 0 bridgehead atoms. The first-order valence-electron chi connectivity index (χ1n) is 7.09. The molecule has 108 valence electrons. The van der Waals surface area contributed by atoms with E-state index in [1.165, 1.54) is 18.2 Å². The Balaban J connectivity index is 1.49. The van der Waals surface area contributed by atoms with E-state index in [4.69, 9.17) is 0 Å². The zero-order valence-corrected chi connectivity index (χ0v) is 12.0. The van der Waals surface area contributed by atoms with Gasteiger partial charge < -0.3 is 10.1 Å². The molecule has 4 heteroatoms. The van der Waals surface area contributed by atoms with Crippen molar-refractivity contribution in [3.05, 3.63) is 65.0 Å². The summed E-state index contributed by atoms with van der Waals surface area (Å²) in [5.41, 5.74) is 4.33. The topological polar surface area (TPSA) is 51.2 Å². The molecule has 0 saturated heterocycles. The lowest BCUT2D eigenvalue weighted by Gasteiger charge is -2.30. The molecule has 1 heterocycles. The second kappa shape index (κ2) is 6.06. The van der Waals surface area contributed by atoms with Crippen molar-refractivity contribution < 1.29 is 9.53 Å². The van der Waals surface area contributed by atoms with Crippen LogP contribution in [0.3, 0.4) is 0 Å². The summed E-state index contributed by atoms with van der Waals surface area (Å²) in [6.07, 6.45) is 2.71. The van der Waals surface area contributed by atoms with Crippen molar-refractivity contribution in [2.24, 2.45) is 0 Å². The molecule has 1 unspecified atom stereocenters. The smallest absolute Gasteiger partial charge is 0.339 e. The summed E-state index contributed by atoms with van der Waals surface area (Å²) in [6, 6.07) is 12.2. The van der Waals surface area contributed by atoms with Crippen LogP contribution in [-0.2, 0) is 17.7 Å². The number of hydrogen-bond donors (Lipinski definition) is 1. The summed E-state index contributed by atoms with van der Waals surface area (Å²) < 4.78 is 4.65. The molecule has 1 aliphatic carbocycles. The number of pyridine rings is 1. The zero-order valence-electron chi connectivity index (χ0n) is 12.0. The number of carbonyl (C=O) groups excluding carboxylic acids is 1. The van der Waals surface area contributed by atoms with Gasteiger partial charge in [0.2, 0.25) is 0 Å². The van der Waals surface area contributed by atoms with Crippen LogP contribution in [0.15, 0.2) is 42.6 Å². The first-order chi connectivity index (χ1) is 10.3. The molecule has 1 aliphatic rings. The van der Waals surface area contributed by atoms with Gasteiger partial charge in [0.25, 0.3) is 0 Å². The van der Waals surface area contributed by atoms with Crippen LogP contribution < -0.4 is 5.32 Å². The predicted octanol–water partition coefficient (Wildman–Crippen LogP) is 2.30. The molecule has 1 aromatic carbocycles. The van der Waals surface area contributed by atoms with Crippen LogP contribution in [0, 0.1) is 0 Å². The van der Waals surface area contributed by atoms with Gasteiger partial charge in [0.05, 0.1) is 18.4 Å². The van der Waals surface area contributed by atoms with Gasteiger partial charge in [-0.1, -0.05) is 24.3 Å². The third-order valence-corrected chi connectivity index (χ3v) is 3.90. The quantitative estimate of drug-likeness (QED) is 0.855. The summed E-state index contributed by atoms with van der Waals surface area (Å²) in [7, 11) is 1.37. The largest absolute Gasteiger partial charge is 0.465 e. The first kappa shape index (κ1) is 13.8. The van der Waals surface area contributed by atoms with Crippen molar-refractivity contribution in [1.82, 2.24) is 10.3 Å². The Bertz CT molecular complexity index is 637. The van der Waals surface area contributed by atoms with Crippen molar-refractivity contribution in [3.8, 4) is 0 Å². The molecule has 0 spiro atoms. The van der Waals surface area contributed by atoms with E-state index < -0.39 is 0 Å². The maximum atomic E-state index is 11.3. The Hall–Kier alpha value is -2.20. The van der Waals surface area contributed by atoms with Gasteiger partial charge in [-0.05, 0) is 29.7 Å². The van der Waals surface area contributed by atoms with E-state index in [2.05, 4.69) is 39.3 Å². The Morgan fingerprint density at radius 2 is 2.19 bits per heavy atom. The highest BCUT2D eigenvalue weighted by Crippen LogP contribution is 2.33. The van der Waals surface area contributed by atoms with E-state index >= 15 is 0 Å². The van der Waals surface area contributed by atoms with Crippen molar-refractivity contribution in [2.75, 3.05) is 13.7 Å². The number of methoxy groups -OCH3 is 1. The second-order valence-corrected chi connectivity index (χ2v) is 5.26. The number of nitrogens with one attached hydrogen (secondary N) is 1. The third-order valence-electron chi connectivity index (χ3n) is 3.90. The number of carbonyl (C=O) groups is 1. The van der Waals surface area contributed by atoms with E-state index in [1.54, 1.807) is 12.3 Å². The fraction of sp³-hybridized carbons (Fsp3) is 0.294. The normalized spacial score (nSPS) is 16.0. The van der Waals surface area contributed by atoms with Crippen LogP contribution in [0.2, 0.25) is 0 Å². The van der Waals surface area contributed by atoms with E-state index in [1.807, 2.05) is 6.07 Å². The average Bonchev–Trinajstić information content (AvgIpc) is 2.51. The number of esters is 1. The third kappa shape index (κ3) is 2.95. The van der Waals surface area contributed by atoms with Crippen molar-refractivity contribution in [2.45, 2.75) is 18.9 Å². The van der Waals surface area contributed by atoms with E-state index in [9.17, 15) is 4.79 Å². The molecule has 0 amide bonds. The standard InChI is InChI=1S/C17H18N2O2/c1-21-17(20)13-6-7-15(19-10-13)11-18-9-14-8-12-4-2-3-5-16(12)14/h2-7,10,14,18H,8-9,11H2,1H3. The van der Waals surface area contributed by atoms with Crippen LogP contribution in [0.1, 0.15) is 33.1 Å². The summed E-state index contributed by atoms with van der Waals surface area (Å²) in [5, 5.41) is 3.43. The zero-order chi connectivity index (χ0) is 14.7. The summed E-state index contributed by atoms with van der Waals surface area (Å²) in [4.78, 5) is 15.6. The van der Waals surface area contributed by atoms with Gasteiger partial charge in [0.1, 0.15) is 0 Å². The van der Waals surface area contributed by atoms with Crippen molar-refractivity contribution in [1.29, 1.82) is 0 Å². The highest BCUT2D eigenvalue weighted by Gasteiger charge is 2.24. The molecule has 0 aliphatic heterocycles. The second-order valence-electron chi connectivity index (χ2n) is 5.26. The molecule has 4 nitrogen and oxygen atoms in total. The minimum Gasteiger partial charge on any atom is -0.465 e. The molecule has 2 aromatic rings. The minimum atomic E-state index is -0.354. The van der Waals surface area contributed by atoms with Crippen LogP contribution in [0.25, 0.3) is 0 Å². The average molecular weight is 282 g/mol. The van der Waals surface area contributed by atoms with E-state index in [0.717, 1.165) is 18.7 Å². The van der Waals surface area contributed by atoms with Crippen LogP contribution in [0.4, 0.5) is 0 Å². The number of rotatable bonds is 5. The van der Waals surface area contributed by atoms with Gasteiger partial charge in [-0.3, -0.25) is 4.98 Å². The minimum absolute atomic E-state index is 0.354. The molecular weight excluding hydrogens is 264 g/mol. The van der Waals surface area contributed by atoms with E-state index in [-0.39, 0.29) is 5.97 Å². The number of nitrogens with zero attached hydrogens (tertiary/aromatic N) is 1. The fourth-order valence-corrected chi connectivity index (χ4v) is 2.69. The highest BCUT2D eigenvalue weighted by atomic mass is 16.5. The summed E-state index contributed by atoms with van der Waals surface area (Å²) in [5.74, 6) is 0.253. The van der Waals surface area contributed by atoms with Crippen molar-refractivity contribution in [3.63, 3.8) is 0 Å². The predicted molar refractivity (Wildman–Crippen MR) is 80.2 cm³/mol. The maximum absolute atomic E-state index is 11.3. The van der Waals surface area contributed by atoms with Crippen LogP contribution in [0.5, 0.6) is 0 Å². The Kier molecular flexibility index (Phi) is 3.97. The molecular formula is C17H18N2O2. The number of benzene rings is 1. The van der Waals surface area contributed by atoms with Gasteiger partial charge in [-0.2, -0.15) is 0 Å². The van der Waals surface area contributed by atoms with Gasteiger partial charge in [0.15, 0.2) is 0 Å². The van der Waals surface area contributed by atoms with Gasteiger partial charge in [0, 0.05) is 25.2 Å². The van der Waals surface area contributed by atoms with Crippen LogP contribution in [-0.4, -0.2) is 24.6 Å². The molecule has 21 heavy (non-hydrogen) atoms. The monoisotopic (exact) mass is 282 g/mol. The Morgan fingerprint density at radius 1 is 1.33 bits per heavy atom. The lowest BCUT2D eigenvalue weighted by Crippen LogP contribution is -2.29. The molecule has 0 radical (unpaired) electrons. The molecule has 3 rings (SSSR count). The SMILES string of the molecule is COC(=O)c1ccc(CNCC2Cc3ccccc32)nc1. The Morgan fingerprint density at radius 3 is 2.90 bits per heavy atom. The van der Waals surface area contributed by atoms with Crippen molar-refractivity contribution >= 4 is 5.97 Å². The molecule has 0 fully saturated rings. The summed E-state index contributed by atoms with van der Waals surface area (Å²) >= 11 is 0. The number of ether oxygens (including phenoxy) is 1. The Labute approximate surface area is 124 Å². The lowest BCUT2D eigenvalue weighted by molar-refractivity contribution is 0.0600. The molecule has 1 atom stereocenters. The number of aromatic nitrogens is 1. The number of hydrogen-bond acceptors (Lipinski definition) is 4. The van der Waals surface area contributed by atoms with Crippen LogP contribution >= 0.6 is 0 Å². The highest BCUT2D eigenvalue weighted by molar-refractivity contribution is 5.88. The summed E-state index contributed by atoms with van der Waals surface area (Å²) in [6.45, 7) is 1.66. The number of fused-ring (bicyclic) bond motifs is 1. The maximum Gasteiger partial charge on any atom is 0.339 e. The van der Waals surface area contributed by atoms with Gasteiger partial charge in [-0.25, -0.2) is 4.79 Å².